The maximum absolute atomic E-state index is 13.1. The predicted octanol–water partition coefficient (Wildman–Crippen LogP) is 8.84. The van der Waals surface area contributed by atoms with Crippen molar-refractivity contribution in [2.45, 2.75) is 100.0 Å². The van der Waals surface area contributed by atoms with Gasteiger partial charge in [0.1, 0.15) is 0 Å². The summed E-state index contributed by atoms with van der Waals surface area (Å²) in [6, 6.07) is 7.90. The molecule has 3 aromatic rings. The summed E-state index contributed by atoms with van der Waals surface area (Å²) in [6.45, 7) is 18.2. The van der Waals surface area contributed by atoms with Gasteiger partial charge in [0, 0.05) is 17.0 Å². The largest absolute Gasteiger partial charge is 0.469 e. The van der Waals surface area contributed by atoms with Gasteiger partial charge >= 0.3 is 5.97 Å². The summed E-state index contributed by atoms with van der Waals surface area (Å²) in [4.78, 5) is 36.0. The smallest absolute Gasteiger partial charge is 0.311 e. The maximum atomic E-state index is 13.1. The Balaban J connectivity index is 1.35. The molecule has 2 fully saturated rings. The van der Waals surface area contributed by atoms with Crippen molar-refractivity contribution in [1.29, 1.82) is 0 Å². The monoisotopic (exact) mass is 619 g/mol. The van der Waals surface area contributed by atoms with Crippen molar-refractivity contribution in [1.82, 2.24) is 15.3 Å². The van der Waals surface area contributed by atoms with Crippen LogP contribution in [0.15, 0.2) is 36.4 Å². The van der Waals surface area contributed by atoms with Crippen LogP contribution in [-0.2, 0) is 9.53 Å². The molecule has 1 aromatic heterocycles. The maximum Gasteiger partial charge on any atom is 0.311 e. The van der Waals surface area contributed by atoms with Crippen LogP contribution < -0.4 is 5.32 Å². The van der Waals surface area contributed by atoms with Gasteiger partial charge in [0.15, 0.2) is 0 Å². The van der Waals surface area contributed by atoms with Gasteiger partial charge in [-0.05, 0) is 135 Å². The first-order chi connectivity index (χ1) is 21.6. The number of methoxy groups -OCH3 is 1. The highest BCUT2D eigenvalue weighted by Crippen LogP contribution is 2.76. The molecule has 0 bridgehead atoms. The van der Waals surface area contributed by atoms with Crippen LogP contribution >= 0.6 is 0 Å². The van der Waals surface area contributed by atoms with Crippen LogP contribution in [-0.4, -0.2) is 35.0 Å². The number of hydrogen-bond donors (Lipinski definition) is 1. The Kier molecular flexibility index (Phi) is 6.74. The topological polar surface area (TPSA) is 81.2 Å². The summed E-state index contributed by atoms with van der Waals surface area (Å²) in [5.41, 5.74) is 8.49. The summed E-state index contributed by atoms with van der Waals surface area (Å²) < 4.78 is 5.36. The summed E-state index contributed by atoms with van der Waals surface area (Å²) in [5, 5.41) is 2.98. The lowest BCUT2D eigenvalue weighted by Gasteiger charge is -2.70. The minimum absolute atomic E-state index is 0.00653. The number of fused-ring (bicyclic) bond motifs is 9. The van der Waals surface area contributed by atoms with Crippen molar-refractivity contribution in [3.05, 3.63) is 58.7 Å². The quantitative estimate of drug-likeness (QED) is 0.234. The predicted molar refractivity (Wildman–Crippen MR) is 185 cm³/mol. The van der Waals surface area contributed by atoms with Gasteiger partial charge in [-0.2, -0.15) is 0 Å². The van der Waals surface area contributed by atoms with Gasteiger partial charge < -0.3 is 10.1 Å². The molecule has 242 valence electrons. The Morgan fingerprint density at radius 1 is 0.957 bits per heavy atom. The Hall–Kier alpha value is -3.54. The third kappa shape index (κ3) is 4.07. The molecule has 6 nitrogen and oxygen atoms in total. The Bertz CT molecular complexity index is 1890. The number of esters is 1. The van der Waals surface area contributed by atoms with Crippen molar-refractivity contribution in [3.8, 4) is 0 Å². The fourth-order valence-corrected chi connectivity index (χ4v) is 10.3. The molecule has 1 N–H and O–H groups in total. The molecule has 46 heavy (non-hydrogen) atoms. The average molecular weight is 620 g/mol. The van der Waals surface area contributed by atoms with Gasteiger partial charge in [-0.1, -0.05) is 45.9 Å². The number of aromatic nitrogens is 2. The highest BCUT2D eigenvalue weighted by Gasteiger charge is 2.68. The van der Waals surface area contributed by atoms with Gasteiger partial charge in [-0.15, -0.1) is 0 Å². The molecule has 0 radical (unpaired) electrons. The fourth-order valence-electron chi connectivity index (χ4n) is 10.3. The van der Waals surface area contributed by atoms with E-state index in [1.807, 2.05) is 32.0 Å². The molecule has 6 atom stereocenters. The molecule has 0 spiro atoms. The zero-order valence-corrected chi connectivity index (χ0v) is 29.1. The first-order valence-electron chi connectivity index (χ1n) is 17.1. The number of nitrogens with zero attached hydrogens (tertiary/aromatic N) is 2. The molecule has 1 amide bonds. The van der Waals surface area contributed by atoms with E-state index >= 15 is 0 Å². The molecule has 1 heterocycles. The summed E-state index contributed by atoms with van der Waals surface area (Å²) in [7, 11) is 1.54. The van der Waals surface area contributed by atoms with E-state index in [9.17, 15) is 9.59 Å². The van der Waals surface area contributed by atoms with Gasteiger partial charge in [-0.25, -0.2) is 9.97 Å². The SMILES string of the molecule is COC(=O)[C@]1(C)CC[C@]2(C)CC[C@@]3(C)[C@@](C)(CC=C4c5cc6nc7cc(C(=O)NC(C)C)ccc7nc6c(C)c5C=C[C@]43C)[C@@H]2C1. The van der Waals surface area contributed by atoms with Crippen molar-refractivity contribution in [2.24, 2.45) is 33.0 Å². The van der Waals surface area contributed by atoms with E-state index in [-0.39, 0.29) is 39.6 Å². The second kappa shape index (κ2) is 9.98. The molecule has 2 aromatic carbocycles. The zero-order valence-electron chi connectivity index (χ0n) is 29.1. The molecule has 6 heteroatoms. The van der Waals surface area contributed by atoms with E-state index in [4.69, 9.17) is 14.7 Å². The van der Waals surface area contributed by atoms with E-state index in [0.29, 0.717) is 11.5 Å². The summed E-state index contributed by atoms with van der Waals surface area (Å²) in [6.07, 6.45) is 13.5. The number of nitrogens with one attached hydrogen (secondary N) is 1. The van der Waals surface area contributed by atoms with Crippen LogP contribution in [0.2, 0.25) is 0 Å². The molecule has 2 saturated carbocycles. The first-order valence-corrected chi connectivity index (χ1v) is 17.1. The molecular formula is C40H49N3O3. The number of ether oxygens (including phenoxy) is 1. The lowest BCUT2D eigenvalue weighted by molar-refractivity contribution is -0.190. The molecule has 0 saturated heterocycles. The average Bonchev–Trinajstić information content (AvgIpc) is 3.01. The van der Waals surface area contributed by atoms with Crippen LogP contribution in [0.3, 0.4) is 0 Å². The number of amides is 1. The summed E-state index contributed by atoms with van der Waals surface area (Å²) in [5.74, 6) is 0.260. The van der Waals surface area contributed by atoms with Gasteiger partial charge in [-0.3, -0.25) is 9.59 Å². The molecule has 7 rings (SSSR count). The van der Waals surface area contributed by atoms with Crippen molar-refractivity contribution in [2.75, 3.05) is 7.11 Å². The van der Waals surface area contributed by atoms with E-state index < -0.39 is 5.41 Å². The number of carbonyl (C=O) groups excluding carboxylic acids is 2. The van der Waals surface area contributed by atoms with E-state index in [0.717, 1.165) is 59.7 Å². The van der Waals surface area contributed by atoms with Crippen molar-refractivity contribution < 1.29 is 14.3 Å². The lowest BCUT2D eigenvalue weighted by atomic mass is 9.33. The molecule has 0 unspecified atom stereocenters. The van der Waals surface area contributed by atoms with Crippen LogP contribution in [0.1, 0.15) is 114 Å². The molecule has 0 aliphatic heterocycles. The molecule has 4 aliphatic rings. The second-order valence-electron chi connectivity index (χ2n) is 16.5. The molecule has 4 aliphatic carbocycles. The normalized spacial score (nSPS) is 34.7. The van der Waals surface area contributed by atoms with Crippen LogP contribution in [0, 0.1) is 39.9 Å². The van der Waals surface area contributed by atoms with Gasteiger partial charge in [0.05, 0.1) is 34.6 Å². The standard InChI is InChI=1S/C40H49N3O3/c1-23(2)41-34(44)25-10-11-29-30(20-25)42-31-21-27-26(24(3)33(31)43-29)12-14-38(6)28(27)13-15-39(7)32-22-37(5,35(45)46-9)17-16-36(32,4)18-19-40(38,39)8/h10-14,20-21,23,32H,15-19,22H2,1-9H3,(H,41,44)/t32-,36-,37-,38-,39+,40-/m1/s1. The summed E-state index contributed by atoms with van der Waals surface area (Å²) >= 11 is 0. The van der Waals surface area contributed by atoms with Crippen LogP contribution in [0.4, 0.5) is 0 Å². The highest BCUT2D eigenvalue weighted by atomic mass is 16.5. The third-order valence-electron chi connectivity index (χ3n) is 13.7. The number of benzene rings is 2. The number of hydrogen-bond acceptors (Lipinski definition) is 5. The minimum atomic E-state index is -0.438. The van der Waals surface area contributed by atoms with Gasteiger partial charge in [0.2, 0.25) is 0 Å². The van der Waals surface area contributed by atoms with Crippen LogP contribution in [0.5, 0.6) is 0 Å². The second-order valence-corrected chi connectivity index (χ2v) is 16.5. The Morgan fingerprint density at radius 3 is 2.41 bits per heavy atom. The first kappa shape index (κ1) is 31.1. The lowest BCUT2D eigenvalue weighted by Crippen LogP contribution is -2.63. The minimum Gasteiger partial charge on any atom is -0.469 e. The van der Waals surface area contributed by atoms with E-state index in [1.165, 1.54) is 30.2 Å². The van der Waals surface area contributed by atoms with E-state index in [1.54, 1.807) is 0 Å². The highest BCUT2D eigenvalue weighted by molar-refractivity contribution is 6.00. The van der Waals surface area contributed by atoms with Crippen molar-refractivity contribution in [3.63, 3.8) is 0 Å². The number of allylic oxidation sites excluding steroid dienone is 3. The fraction of sp³-hybridized carbons (Fsp3) is 0.550. The van der Waals surface area contributed by atoms with Crippen LogP contribution in [0.25, 0.3) is 33.7 Å². The number of aryl methyl sites for hydroxylation is 1. The molecular weight excluding hydrogens is 570 g/mol. The number of carbonyl (C=O) groups is 2. The zero-order chi connectivity index (χ0) is 33.0. The van der Waals surface area contributed by atoms with E-state index in [2.05, 4.69) is 71.2 Å². The van der Waals surface area contributed by atoms with Gasteiger partial charge in [0.25, 0.3) is 5.91 Å². The Morgan fingerprint density at radius 2 is 1.70 bits per heavy atom. The third-order valence-corrected chi connectivity index (χ3v) is 13.7. The number of rotatable bonds is 3. The van der Waals surface area contributed by atoms with Crippen molar-refractivity contribution >= 4 is 45.6 Å². The Labute approximate surface area is 273 Å².